The highest BCUT2D eigenvalue weighted by molar-refractivity contribution is 7.80. The van der Waals surface area contributed by atoms with Crippen LogP contribution in [0.3, 0.4) is 0 Å². The zero-order chi connectivity index (χ0) is 18.1. The lowest BCUT2D eigenvalue weighted by molar-refractivity contribution is -0.303. The van der Waals surface area contributed by atoms with E-state index in [4.69, 9.17) is 23.8 Å². The second-order valence-corrected chi connectivity index (χ2v) is 5.69. The summed E-state index contributed by atoms with van der Waals surface area (Å²) in [6, 6.07) is 6.10. The van der Waals surface area contributed by atoms with Crippen molar-refractivity contribution in [2.45, 2.75) is 19.2 Å². The number of nitrogens with zero attached hydrogens (tertiary/aromatic N) is 1. The fourth-order valence-electron chi connectivity index (χ4n) is 2.36. The van der Waals surface area contributed by atoms with Crippen LogP contribution in [-0.4, -0.2) is 23.2 Å². The van der Waals surface area contributed by atoms with Gasteiger partial charge in [0.25, 0.3) is 0 Å². The molecular formula is C15H9ClF3N2O2S-. The molecule has 0 spiro atoms. The summed E-state index contributed by atoms with van der Waals surface area (Å²) in [5, 5.41) is 12.2. The normalized spacial score (nSPS) is 18.1. The first-order valence-corrected chi connectivity index (χ1v) is 7.27. The minimum atomic E-state index is -5.14. The number of halogens is 4. The van der Waals surface area contributed by atoms with Crippen LogP contribution in [0.15, 0.2) is 41.1 Å². The lowest BCUT2D eigenvalue weighted by Gasteiger charge is -2.30. The van der Waals surface area contributed by atoms with Gasteiger partial charge in [0.15, 0.2) is 0 Å². The lowest BCUT2D eigenvalue weighted by Crippen LogP contribution is -2.36. The van der Waals surface area contributed by atoms with Gasteiger partial charge >= 0.3 is 12.3 Å². The average molecular weight is 374 g/mol. The summed E-state index contributed by atoms with van der Waals surface area (Å²) in [5.74, 6) is -0.867. The minimum Gasteiger partial charge on any atom is -0.763 e. The van der Waals surface area contributed by atoms with Gasteiger partial charge in [-0.15, -0.1) is 13.2 Å². The summed E-state index contributed by atoms with van der Waals surface area (Å²) in [5.41, 5.74) is 0.0290. The third kappa shape index (κ3) is 3.84. The number of benzene rings is 1. The van der Waals surface area contributed by atoms with E-state index >= 15 is 0 Å². The number of rotatable bonds is 2. The predicted molar refractivity (Wildman–Crippen MR) is 86.7 cm³/mol. The van der Waals surface area contributed by atoms with Gasteiger partial charge in [0.1, 0.15) is 4.99 Å². The molecule has 0 aliphatic carbocycles. The Balaban J connectivity index is 2.62. The highest BCUT2D eigenvalue weighted by Gasteiger charge is 2.40. The smallest absolute Gasteiger partial charge is 0.575 e. The van der Waals surface area contributed by atoms with Crippen molar-refractivity contribution in [3.63, 3.8) is 0 Å². The molecule has 4 nitrogen and oxygen atoms in total. The lowest BCUT2D eigenvalue weighted by atomic mass is 9.81. The van der Waals surface area contributed by atoms with Crippen LogP contribution < -0.4 is 5.32 Å². The molecule has 0 fully saturated rings. The van der Waals surface area contributed by atoms with Gasteiger partial charge in [0.2, 0.25) is 0 Å². The van der Waals surface area contributed by atoms with Gasteiger partial charge in [0, 0.05) is 16.3 Å². The van der Waals surface area contributed by atoms with Crippen LogP contribution in [0.2, 0.25) is 5.02 Å². The maximum Gasteiger partial charge on any atom is 0.575 e. The molecule has 1 unspecified atom stereocenters. The molecule has 24 heavy (non-hydrogen) atoms. The van der Waals surface area contributed by atoms with Crippen molar-refractivity contribution in [3.05, 3.63) is 57.1 Å². The van der Waals surface area contributed by atoms with Crippen LogP contribution in [0.5, 0.6) is 0 Å². The first-order valence-electron chi connectivity index (χ1n) is 6.48. The van der Waals surface area contributed by atoms with Crippen LogP contribution >= 0.6 is 23.8 Å². The van der Waals surface area contributed by atoms with Crippen molar-refractivity contribution in [1.29, 1.82) is 0 Å². The molecule has 2 rings (SSSR count). The molecule has 0 bridgehead atoms. The second kappa shape index (κ2) is 6.76. The van der Waals surface area contributed by atoms with E-state index in [0.29, 0.717) is 10.6 Å². The van der Waals surface area contributed by atoms with Crippen LogP contribution in [0.1, 0.15) is 18.4 Å². The number of thiocarbonyl (C=S) groups is 1. The molecule has 0 amide bonds. The second-order valence-electron chi connectivity index (χ2n) is 4.84. The Hall–Kier alpha value is -2.15. The average Bonchev–Trinajstić information content (AvgIpc) is 2.44. The van der Waals surface area contributed by atoms with E-state index < -0.39 is 18.2 Å². The fourth-order valence-corrected chi connectivity index (χ4v) is 2.88. The quantitative estimate of drug-likeness (QED) is 0.370. The molecule has 0 radical (unpaired) electrons. The molecule has 126 valence electrons. The Morgan fingerprint density at radius 1 is 1.46 bits per heavy atom. The van der Waals surface area contributed by atoms with E-state index in [1.54, 1.807) is 12.1 Å². The summed E-state index contributed by atoms with van der Waals surface area (Å²) in [7, 11) is 0. The molecular weight excluding hydrogens is 365 g/mol. The Kier molecular flexibility index (Phi) is 5.13. The minimum absolute atomic E-state index is 0.0311. The number of hydrogen-bond donors (Lipinski definition) is 1. The maximum atomic E-state index is 12.4. The maximum absolute atomic E-state index is 12.4. The molecule has 1 aromatic carbocycles. The zero-order valence-electron chi connectivity index (χ0n) is 12.1. The standard InChI is InChI=1S/C15H9ClF3N2O2S/c1-7-11(14(22)23-15(17,18)19)12(10(6-20)13(24)21-7)8-3-2-4-9(16)5-8/h2-5,12H,1H3,(H,21,24)/q-1. The number of esters is 1. The van der Waals surface area contributed by atoms with E-state index in [2.05, 4.69) is 10.1 Å². The summed E-state index contributed by atoms with van der Waals surface area (Å²) in [6.45, 7) is 1.38. The van der Waals surface area contributed by atoms with Crippen molar-refractivity contribution in [1.82, 2.24) is 5.32 Å². The van der Waals surface area contributed by atoms with E-state index in [1.165, 1.54) is 19.1 Å². The molecule has 1 heterocycles. The highest BCUT2D eigenvalue weighted by Crippen LogP contribution is 2.38. The van der Waals surface area contributed by atoms with Crippen molar-refractivity contribution >= 4 is 40.6 Å². The Morgan fingerprint density at radius 3 is 2.67 bits per heavy atom. The van der Waals surface area contributed by atoms with Gasteiger partial charge in [-0.25, -0.2) is 4.79 Å². The number of nitrogens with one attached hydrogen (secondary N) is 1. The van der Waals surface area contributed by atoms with E-state index in [1.807, 2.05) is 5.87 Å². The number of alkyl halides is 3. The SMILES string of the molecule is CC1=C(C(=O)OC(F)(F)F)C(c2cccc(Cl)c2)C(=C=[N-])C(=S)N1. The number of hydrogen-bond acceptors (Lipinski definition) is 3. The number of carbonyl (C=O) groups is 1. The number of carbonyl (C=O) groups excluding carboxylic acids is 1. The topological polar surface area (TPSA) is 60.6 Å². The molecule has 1 aliphatic rings. The summed E-state index contributed by atoms with van der Waals surface area (Å²) in [6.07, 6.45) is -5.14. The number of ether oxygens (including phenoxy) is 1. The monoisotopic (exact) mass is 373 g/mol. The third-order valence-electron chi connectivity index (χ3n) is 3.26. The first-order chi connectivity index (χ1) is 11.1. The highest BCUT2D eigenvalue weighted by atomic mass is 35.5. The summed E-state index contributed by atoms with van der Waals surface area (Å²) >= 11 is 11.0. The summed E-state index contributed by atoms with van der Waals surface area (Å²) in [4.78, 5) is 12.1. The largest absolute Gasteiger partial charge is 0.763 e. The van der Waals surface area contributed by atoms with Crippen LogP contribution in [-0.2, 0) is 9.53 Å². The van der Waals surface area contributed by atoms with Gasteiger partial charge in [-0.1, -0.05) is 36.0 Å². The summed E-state index contributed by atoms with van der Waals surface area (Å²) < 4.78 is 40.8. The first kappa shape index (κ1) is 18.2. The fraction of sp³-hybridized carbons (Fsp3) is 0.200. The van der Waals surface area contributed by atoms with Crippen LogP contribution in [0, 0.1) is 0 Å². The number of allylic oxidation sites excluding steroid dienone is 1. The Bertz CT molecular complexity index is 798. The van der Waals surface area contributed by atoms with Gasteiger partial charge in [0.05, 0.1) is 11.5 Å². The molecule has 0 saturated heterocycles. The van der Waals surface area contributed by atoms with E-state index in [-0.39, 0.29) is 21.8 Å². The van der Waals surface area contributed by atoms with Crippen molar-refractivity contribution in [2.24, 2.45) is 0 Å². The molecule has 1 aliphatic heterocycles. The van der Waals surface area contributed by atoms with Gasteiger partial charge in [-0.3, -0.25) is 5.87 Å². The molecule has 9 heteroatoms. The van der Waals surface area contributed by atoms with E-state index in [9.17, 15) is 23.4 Å². The van der Waals surface area contributed by atoms with Crippen LogP contribution in [0.4, 0.5) is 13.2 Å². The Morgan fingerprint density at radius 2 is 2.12 bits per heavy atom. The third-order valence-corrected chi connectivity index (χ3v) is 3.81. The predicted octanol–water partition coefficient (Wildman–Crippen LogP) is 3.86. The van der Waals surface area contributed by atoms with Crippen molar-refractivity contribution in [3.8, 4) is 0 Å². The van der Waals surface area contributed by atoms with Crippen molar-refractivity contribution in [2.75, 3.05) is 0 Å². The zero-order valence-corrected chi connectivity index (χ0v) is 13.6. The molecule has 1 atom stereocenters. The molecule has 0 saturated carbocycles. The van der Waals surface area contributed by atoms with Crippen LogP contribution in [0.25, 0.3) is 5.41 Å². The molecule has 1 aromatic rings. The van der Waals surface area contributed by atoms with Gasteiger partial charge in [-0.05, 0) is 24.6 Å². The molecule has 1 N–H and O–H groups in total. The van der Waals surface area contributed by atoms with Gasteiger partial charge < -0.3 is 15.5 Å². The van der Waals surface area contributed by atoms with Crippen molar-refractivity contribution < 1.29 is 22.7 Å². The van der Waals surface area contributed by atoms with E-state index in [0.717, 1.165) is 0 Å². The van der Waals surface area contributed by atoms with Gasteiger partial charge in [-0.2, -0.15) is 0 Å². The Labute approximate surface area is 145 Å². The molecule has 0 aromatic heterocycles.